The van der Waals surface area contributed by atoms with Gasteiger partial charge in [-0.25, -0.2) is 4.39 Å². The molecule has 6 nitrogen and oxygen atoms in total. The Morgan fingerprint density at radius 3 is 2.87 bits per heavy atom. The Hall–Kier alpha value is -2.28. The van der Waals surface area contributed by atoms with Crippen molar-refractivity contribution in [2.24, 2.45) is 0 Å². The third-order valence-corrected chi connectivity index (χ3v) is 3.97. The number of carbonyl (C=O) groups is 1. The van der Waals surface area contributed by atoms with Gasteiger partial charge in [-0.3, -0.25) is 9.69 Å². The van der Waals surface area contributed by atoms with Crippen LogP contribution >= 0.6 is 0 Å². The minimum Gasteiger partial charge on any atom is -0.480 e. The summed E-state index contributed by atoms with van der Waals surface area (Å²) in [7, 11) is 1.67. The van der Waals surface area contributed by atoms with Crippen LogP contribution in [0.15, 0.2) is 22.7 Å². The maximum Gasteiger partial charge on any atom is 0.325 e. The molecule has 3 rings (SSSR count). The average Bonchev–Trinajstić information content (AvgIpc) is 3.23. The summed E-state index contributed by atoms with van der Waals surface area (Å²) in [6.07, 6.45) is 2.12. The Morgan fingerprint density at radius 2 is 2.26 bits per heavy atom. The SMILES string of the molecule is Cc1cc(C(C(=O)O)N(C)Cc2noc(C3CC3)n2)ccc1F. The summed E-state index contributed by atoms with van der Waals surface area (Å²) >= 11 is 0. The van der Waals surface area contributed by atoms with Gasteiger partial charge in [0, 0.05) is 5.92 Å². The highest BCUT2D eigenvalue weighted by molar-refractivity contribution is 5.75. The summed E-state index contributed by atoms with van der Waals surface area (Å²) in [6.45, 7) is 1.85. The van der Waals surface area contributed by atoms with Crippen LogP contribution in [0.4, 0.5) is 4.39 Å². The normalized spacial score (nSPS) is 15.8. The van der Waals surface area contributed by atoms with Gasteiger partial charge < -0.3 is 9.63 Å². The van der Waals surface area contributed by atoms with E-state index >= 15 is 0 Å². The van der Waals surface area contributed by atoms with Crippen molar-refractivity contribution in [2.75, 3.05) is 7.05 Å². The number of aliphatic carboxylic acids is 1. The number of carboxylic acids is 1. The zero-order chi connectivity index (χ0) is 16.6. The monoisotopic (exact) mass is 319 g/mol. The molecule has 1 atom stereocenters. The fourth-order valence-corrected chi connectivity index (χ4v) is 2.57. The van der Waals surface area contributed by atoms with Crippen LogP contribution in [0, 0.1) is 12.7 Å². The van der Waals surface area contributed by atoms with Crippen LogP contribution in [0.25, 0.3) is 0 Å². The number of benzene rings is 1. The topological polar surface area (TPSA) is 79.5 Å². The van der Waals surface area contributed by atoms with Gasteiger partial charge in [-0.05, 0) is 44.0 Å². The molecule has 1 unspecified atom stereocenters. The standard InChI is InChI=1S/C16H18FN3O3/c1-9-7-11(5-6-12(9)17)14(16(21)22)20(2)8-13-18-15(23-19-13)10-3-4-10/h5-7,10,14H,3-4,8H2,1-2H3,(H,21,22). The van der Waals surface area contributed by atoms with Crippen molar-refractivity contribution >= 4 is 5.97 Å². The lowest BCUT2D eigenvalue weighted by molar-refractivity contribution is -0.143. The molecule has 0 radical (unpaired) electrons. The van der Waals surface area contributed by atoms with Crippen molar-refractivity contribution in [3.63, 3.8) is 0 Å². The van der Waals surface area contributed by atoms with Crippen molar-refractivity contribution in [3.8, 4) is 0 Å². The van der Waals surface area contributed by atoms with E-state index in [0.717, 1.165) is 12.8 Å². The zero-order valence-electron chi connectivity index (χ0n) is 13.0. The second kappa shape index (κ2) is 6.08. The minimum absolute atomic E-state index is 0.240. The summed E-state index contributed by atoms with van der Waals surface area (Å²) in [5.74, 6) is 0.0752. The summed E-state index contributed by atoms with van der Waals surface area (Å²) in [5, 5.41) is 13.4. The molecule has 0 bridgehead atoms. The Morgan fingerprint density at radius 1 is 1.52 bits per heavy atom. The van der Waals surface area contributed by atoms with Gasteiger partial charge in [-0.15, -0.1) is 0 Å². The van der Waals surface area contributed by atoms with Gasteiger partial charge in [0.15, 0.2) is 5.82 Å². The number of carboxylic acid groups (broad SMARTS) is 1. The largest absolute Gasteiger partial charge is 0.480 e. The highest BCUT2D eigenvalue weighted by Gasteiger charge is 2.31. The molecule has 0 saturated heterocycles. The Bertz CT molecular complexity index is 727. The molecule has 122 valence electrons. The first-order valence-corrected chi connectivity index (χ1v) is 7.47. The fourth-order valence-electron chi connectivity index (χ4n) is 2.57. The van der Waals surface area contributed by atoms with Crippen LogP contribution in [-0.4, -0.2) is 33.2 Å². The maximum atomic E-state index is 13.4. The van der Waals surface area contributed by atoms with Gasteiger partial charge in [0.1, 0.15) is 11.9 Å². The molecule has 2 aromatic rings. The molecule has 1 heterocycles. The number of rotatable bonds is 6. The molecule has 1 saturated carbocycles. The number of hydrogen-bond donors (Lipinski definition) is 1. The third-order valence-electron chi connectivity index (χ3n) is 3.97. The molecule has 1 fully saturated rings. The first kappa shape index (κ1) is 15.6. The smallest absolute Gasteiger partial charge is 0.325 e. The Labute approximate surface area is 132 Å². The molecule has 1 aromatic heterocycles. The van der Waals surface area contributed by atoms with Crippen LogP contribution in [0.3, 0.4) is 0 Å². The molecule has 1 aliphatic rings. The molecular weight excluding hydrogens is 301 g/mol. The number of aryl methyl sites for hydroxylation is 1. The van der Waals surface area contributed by atoms with E-state index in [-0.39, 0.29) is 12.4 Å². The molecular formula is C16H18FN3O3. The molecule has 0 aliphatic heterocycles. The molecule has 1 aromatic carbocycles. The van der Waals surface area contributed by atoms with Crippen LogP contribution in [0.2, 0.25) is 0 Å². The molecule has 7 heteroatoms. The lowest BCUT2D eigenvalue weighted by Crippen LogP contribution is -2.31. The third kappa shape index (κ3) is 3.39. The first-order valence-electron chi connectivity index (χ1n) is 7.47. The predicted octanol–water partition coefficient (Wildman–Crippen LogP) is 2.65. The van der Waals surface area contributed by atoms with Gasteiger partial charge >= 0.3 is 5.97 Å². The quantitative estimate of drug-likeness (QED) is 0.882. The molecule has 1 aliphatic carbocycles. The highest BCUT2D eigenvalue weighted by Crippen LogP contribution is 2.38. The fraction of sp³-hybridized carbons (Fsp3) is 0.438. The minimum atomic E-state index is -1.01. The van der Waals surface area contributed by atoms with E-state index in [4.69, 9.17) is 4.52 Å². The van der Waals surface area contributed by atoms with Crippen LogP contribution in [0.5, 0.6) is 0 Å². The van der Waals surface area contributed by atoms with Crippen molar-refractivity contribution in [1.82, 2.24) is 15.0 Å². The van der Waals surface area contributed by atoms with E-state index in [9.17, 15) is 14.3 Å². The summed E-state index contributed by atoms with van der Waals surface area (Å²) in [5.41, 5.74) is 0.933. The van der Waals surface area contributed by atoms with E-state index in [2.05, 4.69) is 10.1 Å². The number of aromatic nitrogens is 2. The maximum absolute atomic E-state index is 13.4. The van der Waals surface area contributed by atoms with E-state index in [1.165, 1.54) is 12.1 Å². The second-order valence-electron chi connectivity index (χ2n) is 5.99. The van der Waals surface area contributed by atoms with E-state index in [0.29, 0.717) is 28.8 Å². The van der Waals surface area contributed by atoms with Crippen LogP contribution in [0.1, 0.15) is 47.6 Å². The van der Waals surface area contributed by atoms with E-state index in [1.54, 1.807) is 24.9 Å². The summed E-state index contributed by atoms with van der Waals surface area (Å²) < 4.78 is 18.6. The number of hydrogen-bond acceptors (Lipinski definition) is 5. The molecule has 0 amide bonds. The van der Waals surface area contributed by atoms with Crippen molar-refractivity contribution in [2.45, 2.75) is 38.3 Å². The van der Waals surface area contributed by atoms with E-state index in [1.807, 2.05) is 0 Å². The Balaban J connectivity index is 1.78. The summed E-state index contributed by atoms with van der Waals surface area (Å²) in [6, 6.07) is 3.42. The second-order valence-corrected chi connectivity index (χ2v) is 5.99. The number of likely N-dealkylation sites (N-methyl/N-ethyl adjacent to an activating group) is 1. The van der Waals surface area contributed by atoms with Crippen molar-refractivity contribution in [1.29, 1.82) is 0 Å². The van der Waals surface area contributed by atoms with Gasteiger partial charge in [0.25, 0.3) is 0 Å². The lowest BCUT2D eigenvalue weighted by Gasteiger charge is -2.24. The van der Waals surface area contributed by atoms with E-state index < -0.39 is 12.0 Å². The molecule has 23 heavy (non-hydrogen) atoms. The average molecular weight is 319 g/mol. The predicted molar refractivity (Wildman–Crippen MR) is 79.3 cm³/mol. The highest BCUT2D eigenvalue weighted by atomic mass is 19.1. The van der Waals surface area contributed by atoms with Gasteiger partial charge in [0.05, 0.1) is 6.54 Å². The number of halogens is 1. The van der Waals surface area contributed by atoms with Crippen molar-refractivity contribution < 1.29 is 18.8 Å². The molecule has 1 N–H and O–H groups in total. The first-order chi connectivity index (χ1) is 11.0. The summed E-state index contributed by atoms with van der Waals surface area (Å²) in [4.78, 5) is 17.6. The zero-order valence-corrected chi connectivity index (χ0v) is 13.0. The number of nitrogens with zero attached hydrogens (tertiary/aromatic N) is 3. The van der Waals surface area contributed by atoms with Gasteiger partial charge in [-0.1, -0.05) is 17.3 Å². The van der Waals surface area contributed by atoms with Gasteiger partial charge in [-0.2, -0.15) is 4.98 Å². The molecule has 0 spiro atoms. The lowest BCUT2D eigenvalue weighted by atomic mass is 10.0. The van der Waals surface area contributed by atoms with Gasteiger partial charge in [0.2, 0.25) is 5.89 Å². The van der Waals surface area contributed by atoms with Crippen LogP contribution < -0.4 is 0 Å². The van der Waals surface area contributed by atoms with Crippen LogP contribution in [-0.2, 0) is 11.3 Å². The van der Waals surface area contributed by atoms with Crippen molar-refractivity contribution in [3.05, 3.63) is 46.9 Å². The Kier molecular flexibility index (Phi) is 4.12.